The van der Waals surface area contributed by atoms with Crippen LogP contribution in [0.25, 0.3) is 0 Å². The summed E-state index contributed by atoms with van der Waals surface area (Å²) in [5, 5.41) is 0. The number of piperidine rings is 1. The first-order chi connectivity index (χ1) is 12.5. The van der Waals surface area contributed by atoms with Crippen molar-refractivity contribution in [2.24, 2.45) is 11.7 Å². The number of carbonyl (C=O) groups is 2. The third-order valence-electron chi connectivity index (χ3n) is 6.00. The van der Waals surface area contributed by atoms with E-state index in [1.807, 2.05) is 12.1 Å². The number of rotatable bonds is 4. The van der Waals surface area contributed by atoms with Crippen molar-refractivity contribution in [3.8, 4) is 0 Å². The summed E-state index contributed by atoms with van der Waals surface area (Å²) in [6, 6.07) is 8.05. The van der Waals surface area contributed by atoms with E-state index < -0.39 is 0 Å². The van der Waals surface area contributed by atoms with Gasteiger partial charge in [-0.05, 0) is 62.4 Å². The van der Waals surface area contributed by atoms with Gasteiger partial charge in [-0.1, -0.05) is 25.0 Å². The highest BCUT2D eigenvalue weighted by Gasteiger charge is 2.32. The zero-order chi connectivity index (χ0) is 18.5. The molecular formula is C21H31N3O2. The third-order valence-corrected chi connectivity index (χ3v) is 6.00. The molecule has 2 N–H and O–H groups in total. The van der Waals surface area contributed by atoms with Gasteiger partial charge in [-0.15, -0.1) is 0 Å². The average molecular weight is 357 g/mol. The molecule has 2 fully saturated rings. The van der Waals surface area contributed by atoms with E-state index in [0.29, 0.717) is 17.5 Å². The standard InChI is InChI=1S/C21H31N3O2/c1-16(25)24-11-4-2-3-8-20(24)18-9-12-23(13-10-18)15-17-6-5-7-19(14-17)21(22)26/h5-7,14,18,20H,2-4,8-13,15H2,1H3,(H2,22,26). The van der Waals surface area contributed by atoms with Gasteiger partial charge in [0.25, 0.3) is 0 Å². The predicted octanol–water partition coefficient (Wildman–Crippen LogP) is 2.79. The predicted molar refractivity (Wildman–Crippen MR) is 103 cm³/mol. The van der Waals surface area contributed by atoms with Crippen LogP contribution in [-0.2, 0) is 11.3 Å². The van der Waals surface area contributed by atoms with Gasteiger partial charge in [0.1, 0.15) is 0 Å². The van der Waals surface area contributed by atoms with Crippen molar-refractivity contribution in [1.82, 2.24) is 9.80 Å². The van der Waals surface area contributed by atoms with E-state index >= 15 is 0 Å². The zero-order valence-electron chi connectivity index (χ0n) is 15.8. The fourth-order valence-electron chi connectivity index (χ4n) is 4.59. The lowest BCUT2D eigenvalue weighted by Crippen LogP contribution is -2.47. The molecule has 1 aromatic rings. The van der Waals surface area contributed by atoms with Crippen molar-refractivity contribution >= 4 is 11.8 Å². The Balaban J connectivity index is 1.57. The molecule has 2 aliphatic heterocycles. The van der Waals surface area contributed by atoms with E-state index in [9.17, 15) is 9.59 Å². The van der Waals surface area contributed by atoms with E-state index in [2.05, 4.69) is 15.9 Å². The largest absolute Gasteiger partial charge is 0.366 e. The van der Waals surface area contributed by atoms with Crippen molar-refractivity contribution in [3.05, 3.63) is 35.4 Å². The number of likely N-dealkylation sites (tertiary alicyclic amines) is 2. The van der Waals surface area contributed by atoms with Gasteiger partial charge in [0.05, 0.1) is 0 Å². The second-order valence-corrected chi connectivity index (χ2v) is 7.81. The van der Waals surface area contributed by atoms with Crippen LogP contribution in [0.15, 0.2) is 24.3 Å². The molecule has 0 aromatic heterocycles. The van der Waals surface area contributed by atoms with Gasteiger partial charge in [0, 0.05) is 31.6 Å². The summed E-state index contributed by atoms with van der Waals surface area (Å²) in [6.07, 6.45) is 7.08. The molecule has 2 amide bonds. The van der Waals surface area contributed by atoms with Crippen molar-refractivity contribution < 1.29 is 9.59 Å². The Kier molecular flexibility index (Phi) is 6.30. The smallest absolute Gasteiger partial charge is 0.248 e. The summed E-state index contributed by atoms with van der Waals surface area (Å²) >= 11 is 0. The van der Waals surface area contributed by atoms with E-state index in [1.165, 1.54) is 12.8 Å². The molecule has 1 aromatic carbocycles. The molecule has 0 saturated carbocycles. The molecule has 26 heavy (non-hydrogen) atoms. The molecule has 142 valence electrons. The molecule has 5 nitrogen and oxygen atoms in total. The Bertz CT molecular complexity index is 638. The van der Waals surface area contributed by atoms with Crippen molar-refractivity contribution in [1.29, 1.82) is 0 Å². The fraction of sp³-hybridized carbons (Fsp3) is 0.619. The number of hydrogen-bond acceptors (Lipinski definition) is 3. The summed E-state index contributed by atoms with van der Waals surface area (Å²) in [4.78, 5) is 28.0. The molecule has 2 saturated heterocycles. The second-order valence-electron chi connectivity index (χ2n) is 7.81. The van der Waals surface area contributed by atoms with E-state index in [1.54, 1.807) is 13.0 Å². The Morgan fingerprint density at radius 1 is 1.08 bits per heavy atom. The van der Waals surface area contributed by atoms with Crippen LogP contribution in [0.5, 0.6) is 0 Å². The molecule has 1 atom stereocenters. The monoisotopic (exact) mass is 357 g/mol. The van der Waals surface area contributed by atoms with Gasteiger partial charge in [-0.25, -0.2) is 0 Å². The number of primary amides is 1. The summed E-state index contributed by atoms with van der Waals surface area (Å²) < 4.78 is 0. The normalized spacial score (nSPS) is 22.8. The second kappa shape index (κ2) is 8.67. The molecular weight excluding hydrogens is 326 g/mol. The molecule has 0 bridgehead atoms. The molecule has 0 aliphatic carbocycles. The Labute approximate surface area is 156 Å². The number of hydrogen-bond donors (Lipinski definition) is 1. The fourth-order valence-corrected chi connectivity index (χ4v) is 4.59. The van der Waals surface area contributed by atoms with Crippen molar-refractivity contribution in [3.63, 3.8) is 0 Å². The maximum absolute atomic E-state index is 12.1. The summed E-state index contributed by atoms with van der Waals surface area (Å²) in [7, 11) is 0. The minimum atomic E-state index is -0.372. The van der Waals surface area contributed by atoms with E-state index in [4.69, 9.17) is 5.73 Å². The number of carbonyl (C=O) groups excluding carboxylic acids is 2. The molecule has 0 radical (unpaired) electrons. The van der Waals surface area contributed by atoms with Gasteiger partial charge in [-0.3, -0.25) is 14.5 Å². The Morgan fingerprint density at radius 3 is 2.54 bits per heavy atom. The summed E-state index contributed by atoms with van der Waals surface area (Å²) in [5.41, 5.74) is 7.10. The Hall–Kier alpha value is -1.88. The topological polar surface area (TPSA) is 66.6 Å². The number of nitrogens with zero attached hydrogens (tertiary/aromatic N) is 2. The highest BCUT2D eigenvalue weighted by atomic mass is 16.2. The van der Waals surface area contributed by atoms with E-state index in [-0.39, 0.29) is 11.8 Å². The van der Waals surface area contributed by atoms with Gasteiger partial charge >= 0.3 is 0 Å². The van der Waals surface area contributed by atoms with Crippen LogP contribution in [0.1, 0.15) is 61.4 Å². The quantitative estimate of drug-likeness (QED) is 0.901. The molecule has 2 heterocycles. The maximum Gasteiger partial charge on any atom is 0.248 e. The van der Waals surface area contributed by atoms with E-state index in [0.717, 1.165) is 57.4 Å². The van der Waals surface area contributed by atoms with Crippen LogP contribution < -0.4 is 5.73 Å². The van der Waals surface area contributed by atoms with Crippen LogP contribution >= 0.6 is 0 Å². The van der Waals surface area contributed by atoms with Crippen molar-refractivity contribution in [2.75, 3.05) is 19.6 Å². The number of nitrogens with two attached hydrogens (primary N) is 1. The zero-order valence-corrected chi connectivity index (χ0v) is 15.8. The summed E-state index contributed by atoms with van der Waals surface area (Å²) in [6.45, 7) is 5.61. The highest BCUT2D eigenvalue weighted by molar-refractivity contribution is 5.92. The minimum Gasteiger partial charge on any atom is -0.366 e. The first-order valence-electron chi connectivity index (χ1n) is 9.93. The first kappa shape index (κ1) is 18.9. The minimum absolute atomic E-state index is 0.239. The van der Waals surface area contributed by atoms with Crippen LogP contribution in [0.4, 0.5) is 0 Å². The average Bonchev–Trinajstić information content (AvgIpc) is 2.89. The first-order valence-corrected chi connectivity index (χ1v) is 9.93. The lowest BCUT2D eigenvalue weighted by atomic mass is 9.86. The van der Waals surface area contributed by atoms with Crippen LogP contribution in [0.3, 0.4) is 0 Å². The third kappa shape index (κ3) is 4.64. The maximum atomic E-state index is 12.1. The lowest BCUT2D eigenvalue weighted by Gasteiger charge is -2.40. The Morgan fingerprint density at radius 2 is 1.85 bits per heavy atom. The number of amides is 2. The number of benzene rings is 1. The van der Waals surface area contributed by atoms with Crippen LogP contribution in [0, 0.1) is 5.92 Å². The van der Waals surface area contributed by atoms with Crippen LogP contribution in [-0.4, -0.2) is 47.3 Å². The van der Waals surface area contributed by atoms with Gasteiger partial charge in [0.2, 0.25) is 11.8 Å². The molecule has 2 aliphatic rings. The van der Waals surface area contributed by atoms with Gasteiger partial charge in [0.15, 0.2) is 0 Å². The molecule has 5 heteroatoms. The summed E-state index contributed by atoms with van der Waals surface area (Å²) in [5.74, 6) is 0.482. The highest BCUT2D eigenvalue weighted by Crippen LogP contribution is 2.30. The molecule has 1 unspecified atom stereocenters. The lowest BCUT2D eigenvalue weighted by molar-refractivity contribution is -0.132. The van der Waals surface area contributed by atoms with Crippen molar-refractivity contribution in [2.45, 2.75) is 58.0 Å². The SMILES string of the molecule is CC(=O)N1CCCCCC1C1CCN(Cc2cccc(C(N)=O)c2)CC1. The van der Waals surface area contributed by atoms with Crippen LogP contribution in [0.2, 0.25) is 0 Å². The molecule has 0 spiro atoms. The van der Waals surface area contributed by atoms with Gasteiger partial charge in [-0.2, -0.15) is 0 Å². The van der Waals surface area contributed by atoms with Gasteiger partial charge < -0.3 is 10.6 Å². The molecule has 3 rings (SSSR count).